The van der Waals surface area contributed by atoms with Gasteiger partial charge in [0.05, 0.1) is 10.2 Å². The highest BCUT2D eigenvalue weighted by molar-refractivity contribution is 7.89. The largest absolute Gasteiger partial charge is 0.335 e. The van der Waals surface area contributed by atoms with Crippen molar-refractivity contribution in [3.8, 4) is 10.7 Å². The van der Waals surface area contributed by atoms with Crippen LogP contribution in [0.5, 0.6) is 0 Å². The summed E-state index contributed by atoms with van der Waals surface area (Å²) in [6.07, 6.45) is 2.96. The summed E-state index contributed by atoms with van der Waals surface area (Å²) in [4.78, 5) is 27.6. The van der Waals surface area contributed by atoms with Crippen molar-refractivity contribution in [1.29, 1.82) is 0 Å². The third-order valence-electron chi connectivity index (χ3n) is 5.38. The predicted octanol–water partition coefficient (Wildman–Crippen LogP) is 3.04. The number of hydrogen-bond acceptors (Lipinski definition) is 7. The number of benzene rings is 2. The zero-order valence-electron chi connectivity index (χ0n) is 17.3. The van der Waals surface area contributed by atoms with Crippen molar-refractivity contribution in [3.05, 3.63) is 72.4 Å². The van der Waals surface area contributed by atoms with Gasteiger partial charge in [0.1, 0.15) is 21.4 Å². The maximum Gasteiger partial charge on any atom is 0.274 e. The first kappa shape index (κ1) is 21.6. The van der Waals surface area contributed by atoms with E-state index in [-0.39, 0.29) is 42.7 Å². The van der Waals surface area contributed by atoms with E-state index in [0.29, 0.717) is 10.7 Å². The molecule has 11 heteroatoms. The highest BCUT2D eigenvalue weighted by Gasteiger charge is 2.33. The van der Waals surface area contributed by atoms with E-state index in [1.165, 1.54) is 51.1 Å². The number of carbonyl (C=O) groups excluding carboxylic acids is 1. The molecular weight excluding hydrogens is 465 g/mol. The summed E-state index contributed by atoms with van der Waals surface area (Å²) in [6.45, 7) is 0.420. The van der Waals surface area contributed by atoms with Crippen molar-refractivity contribution in [2.75, 3.05) is 26.2 Å². The van der Waals surface area contributed by atoms with E-state index in [1.807, 2.05) is 24.3 Å². The van der Waals surface area contributed by atoms with Crippen LogP contribution in [-0.4, -0.2) is 64.7 Å². The average molecular weight is 484 g/mol. The van der Waals surface area contributed by atoms with Gasteiger partial charge < -0.3 is 4.90 Å². The van der Waals surface area contributed by atoms with Crippen molar-refractivity contribution in [3.63, 3.8) is 0 Å². The molecule has 1 amide bonds. The number of aromatic nitrogens is 3. The topological polar surface area (TPSA) is 96.4 Å². The van der Waals surface area contributed by atoms with E-state index in [2.05, 4.69) is 15.0 Å². The Bertz CT molecular complexity index is 1420. The molecule has 5 rings (SSSR count). The summed E-state index contributed by atoms with van der Waals surface area (Å²) in [6, 6.07) is 12.9. The fourth-order valence-electron chi connectivity index (χ4n) is 3.70. The maximum atomic E-state index is 14.1. The van der Waals surface area contributed by atoms with Gasteiger partial charge in [-0.15, -0.1) is 11.3 Å². The number of amides is 1. The number of piperazine rings is 1. The number of para-hydroxylation sites is 1. The Morgan fingerprint density at radius 1 is 0.939 bits per heavy atom. The summed E-state index contributed by atoms with van der Waals surface area (Å²) in [7, 11) is -3.99. The molecule has 1 saturated heterocycles. The zero-order chi connectivity index (χ0) is 23.0. The van der Waals surface area contributed by atoms with E-state index in [4.69, 9.17) is 0 Å². The Balaban J connectivity index is 1.37. The molecule has 3 heterocycles. The second-order valence-electron chi connectivity index (χ2n) is 7.37. The van der Waals surface area contributed by atoms with Gasteiger partial charge in [0, 0.05) is 38.6 Å². The van der Waals surface area contributed by atoms with Gasteiger partial charge in [-0.05, 0) is 24.3 Å². The van der Waals surface area contributed by atoms with Crippen molar-refractivity contribution < 1.29 is 17.6 Å². The third kappa shape index (κ3) is 3.99. The molecule has 2 aromatic carbocycles. The van der Waals surface area contributed by atoms with Gasteiger partial charge in [-0.1, -0.05) is 24.3 Å². The second kappa shape index (κ2) is 8.58. The van der Waals surface area contributed by atoms with Gasteiger partial charge in [0.2, 0.25) is 10.0 Å². The van der Waals surface area contributed by atoms with Crippen LogP contribution in [0.4, 0.5) is 4.39 Å². The maximum absolute atomic E-state index is 14.1. The number of sulfonamides is 1. The molecule has 0 saturated carbocycles. The number of fused-ring (bicyclic) bond motifs is 1. The molecule has 1 aliphatic heterocycles. The summed E-state index contributed by atoms with van der Waals surface area (Å²) >= 11 is 1.42. The van der Waals surface area contributed by atoms with Gasteiger partial charge in [-0.2, -0.15) is 4.31 Å². The van der Waals surface area contributed by atoms with E-state index in [9.17, 15) is 17.6 Å². The molecule has 0 N–H and O–H groups in total. The molecule has 168 valence electrons. The zero-order valence-corrected chi connectivity index (χ0v) is 18.9. The Kier molecular flexibility index (Phi) is 5.60. The van der Waals surface area contributed by atoms with Crippen LogP contribution in [-0.2, 0) is 10.0 Å². The fraction of sp³-hybridized carbons (Fsp3) is 0.182. The van der Waals surface area contributed by atoms with E-state index >= 15 is 0 Å². The lowest BCUT2D eigenvalue weighted by atomic mass is 10.2. The Morgan fingerprint density at radius 2 is 1.64 bits per heavy atom. The van der Waals surface area contributed by atoms with Crippen LogP contribution in [0.3, 0.4) is 0 Å². The van der Waals surface area contributed by atoms with Crippen molar-refractivity contribution in [2.24, 2.45) is 0 Å². The molecule has 4 aromatic rings. The van der Waals surface area contributed by atoms with Gasteiger partial charge in [0.25, 0.3) is 5.91 Å². The van der Waals surface area contributed by atoms with Gasteiger partial charge >= 0.3 is 0 Å². The third-order valence-corrected chi connectivity index (χ3v) is 8.35. The monoisotopic (exact) mass is 483 g/mol. The molecule has 0 spiro atoms. The van der Waals surface area contributed by atoms with Crippen LogP contribution in [0.1, 0.15) is 10.5 Å². The molecule has 0 unspecified atom stereocenters. The standard InChI is InChI=1S/C22H18FN5O3S2/c23-15-5-1-4-8-18(15)33(30,31)28-13-11-27(12-14-28)22(29)20-19(24-9-10-25-20)21-26-16-6-2-3-7-17(16)32-21/h1-10H,11-14H2. The predicted molar refractivity (Wildman–Crippen MR) is 122 cm³/mol. The highest BCUT2D eigenvalue weighted by Crippen LogP contribution is 2.30. The van der Waals surface area contributed by atoms with Crippen molar-refractivity contribution >= 4 is 37.5 Å². The first-order valence-corrected chi connectivity index (χ1v) is 12.4. The number of carbonyl (C=O) groups is 1. The minimum absolute atomic E-state index is 0.0547. The van der Waals surface area contributed by atoms with Crippen molar-refractivity contribution in [1.82, 2.24) is 24.2 Å². The first-order valence-electron chi connectivity index (χ1n) is 10.2. The number of thiazole rings is 1. The van der Waals surface area contributed by atoms with Crippen LogP contribution < -0.4 is 0 Å². The van der Waals surface area contributed by atoms with Gasteiger partial charge in [-0.3, -0.25) is 4.79 Å². The Hall–Kier alpha value is -3.28. The lowest BCUT2D eigenvalue weighted by molar-refractivity contribution is 0.0692. The molecule has 2 aromatic heterocycles. The SMILES string of the molecule is O=C(c1nccnc1-c1nc2ccccc2s1)N1CCN(S(=O)(=O)c2ccccc2F)CC1. The summed E-state index contributed by atoms with van der Waals surface area (Å²) in [5.41, 5.74) is 1.38. The molecule has 0 atom stereocenters. The van der Waals surface area contributed by atoms with Crippen molar-refractivity contribution in [2.45, 2.75) is 4.90 Å². The van der Waals surface area contributed by atoms with Crippen LogP contribution in [0.25, 0.3) is 20.9 Å². The molecule has 1 aliphatic rings. The highest BCUT2D eigenvalue weighted by atomic mass is 32.2. The van der Waals surface area contributed by atoms with E-state index < -0.39 is 15.8 Å². The Labute approximate surface area is 193 Å². The number of rotatable bonds is 4. The van der Waals surface area contributed by atoms with E-state index in [1.54, 1.807) is 0 Å². The quantitative estimate of drug-likeness (QED) is 0.443. The second-order valence-corrected chi connectivity index (χ2v) is 10.3. The summed E-state index contributed by atoms with van der Waals surface area (Å²) in [5, 5.41) is 0.591. The number of halogens is 1. The Morgan fingerprint density at radius 3 is 2.39 bits per heavy atom. The molecule has 0 bridgehead atoms. The molecule has 0 radical (unpaired) electrons. The van der Waals surface area contributed by atoms with Crippen LogP contribution in [0.15, 0.2) is 65.8 Å². The normalized spacial score (nSPS) is 15.1. The fourth-order valence-corrected chi connectivity index (χ4v) is 6.15. The lowest BCUT2D eigenvalue weighted by Gasteiger charge is -2.34. The first-order chi connectivity index (χ1) is 15.9. The molecule has 33 heavy (non-hydrogen) atoms. The average Bonchev–Trinajstić information content (AvgIpc) is 3.28. The number of hydrogen-bond donors (Lipinski definition) is 0. The summed E-state index contributed by atoms with van der Waals surface area (Å²) < 4.78 is 41.9. The molecular formula is C22H18FN5O3S2. The van der Waals surface area contributed by atoms with Gasteiger partial charge in [0.15, 0.2) is 5.69 Å². The molecule has 0 aliphatic carbocycles. The van der Waals surface area contributed by atoms with Crippen LogP contribution in [0.2, 0.25) is 0 Å². The van der Waals surface area contributed by atoms with Gasteiger partial charge in [-0.25, -0.2) is 27.8 Å². The molecule has 8 nitrogen and oxygen atoms in total. The molecule has 1 fully saturated rings. The smallest absolute Gasteiger partial charge is 0.274 e. The van der Waals surface area contributed by atoms with Crippen LogP contribution in [0, 0.1) is 5.82 Å². The van der Waals surface area contributed by atoms with Crippen LogP contribution >= 0.6 is 11.3 Å². The lowest BCUT2D eigenvalue weighted by Crippen LogP contribution is -2.50. The minimum Gasteiger partial charge on any atom is -0.335 e. The minimum atomic E-state index is -3.99. The van der Waals surface area contributed by atoms with E-state index in [0.717, 1.165) is 16.3 Å². The summed E-state index contributed by atoms with van der Waals surface area (Å²) in [5.74, 6) is -1.14. The number of nitrogens with zero attached hydrogens (tertiary/aromatic N) is 5.